The Bertz CT molecular complexity index is 1070. The standard InChI is InChI=1S/C26H30FN3O3/c1-24(2,3)33-23(32)29-26-14-25(15-26,16-26)28-22(31)30-13-12-17-6-4-5-7-20(17)21(30)18-8-10-19(27)11-9-18/h4-11,21H,12-16H2,1-3H3,(H,28,31)(H,29,32)/t21-,25?,26?/m0/s1. The lowest BCUT2D eigenvalue weighted by atomic mass is 9.44. The summed E-state index contributed by atoms with van der Waals surface area (Å²) in [5.74, 6) is -0.296. The number of fused-ring (bicyclic) bond motifs is 1. The van der Waals surface area contributed by atoms with Gasteiger partial charge in [-0.1, -0.05) is 36.4 Å². The van der Waals surface area contributed by atoms with Gasteiger partial charge in [-0.05, 0) is 75.3 Å². The molecule has 0 saturated heterocycles. The minimum atomic E-state index is -0.542. The second-order valence-corrected chi connectivity index (χ2v) is 10.7. The Hall–Kier alpha value is -3.09. The number of nitrogens with zero attached hydrogens (tertiary/aromatic N) is 1. The molecule has 2 bridgehead atoms. The van der Waals surface area contributed by atoms with Gasteiger partial charge in [-0.2, -0.15) is 0 Å². The number of nitrogens with one attached hydrogen (secondary N) is 2. The van der Waals surface area contributed by atoms with E-state index in [1.807, 2.05) is 43.9 Å². The maximum Gasteiger partial charge on any atom is 0.408 e. The van der Waals surface area contributed by atoms with Crippen molar-refractivity contribution in [3.8, 4) is 0 Å². The molecule has 33 heavy (non-hydrogen) atoms. The minimum absolute atomic E-state index is 0.121. The smallest absolute Gasteiger partial charge is 0.408 e. The van der Waals surface area contributed by atoms with Gasteiger partial charge < -0.3 is 20.3 Å². The van der Waals surface area contributed by atoms with Gasteiger partial charge in [0.2, 0.25) is 0 Å². The summed E-state index contributed by atoms with van der Waals surface area (Å²) in [7, 11) is 0. The summed E-state index contributed by atoms with van der Waals surface area (Å²) in [5, 5.41) is 6.22. The number of carbonyl (C=O) groups is 2. The molecule has 0 unspecified atom stereocenters. The Morgan fingerprint density at radius 3 is 2.30 bits per heavy atom. The first-order valence-corrected chi connectivity index (χ1v) is 11.5. The van der Waals surface area contributed by atoms with Crippen molar-refractivity contribution in [1.82, 2.24) is 15.5 Å². The van der Waals surface area contributed by atoms with Gasteiger partial charge in [0.15, 0.2) is 0 Å². The van der Waals surface area contributed by atoms with Crippen LogP contribution in [-0.4, -0.2) is 40.2 Å². The molecule has 6 rings (SSSR count). The highest BCUT2D eigenvalue weighted by Gasteiger charge is 2.70. The summed E-state index contributed by atoms with van der Waals surface area (Å²) in [6.07, 6.45) is 2.48. The Labute approximate surface area is 193 Å². The van der Waals surface area contributed by atoms with Gasteiger partial charge in [-0.3, -0.25) is 0 Å². The number of rotatable bonds is 3. The highest BCUT2D eigenvalue weighted by molar-refractivity contribution is 5.78. The Kier molecular flexibility index (Phi) is 4.92. The maximum atomic E-state index is 13.6. The fourth-order valence-corrected chi connectivity index (χ4v) is 5.66. The number of hydrogen-bond donors (Lipinski definition) is 2. The van der Waals surface area contributed by atoms with Crippen molar-refractivity contribution in [2.75, 3.05) is 6.54 Å². The van der Waals surface area contributed by atoms with E-state index < -0.39 is 11.7 Å². The molecular formula is C26H30FN3O3. The number of benzene rings is 2. The molecule has 0 radical (unpaired) electrons. The molecule has 1 aliphatic heterocycles. The second-order valence-electron chi connectivity index (χ2n) is 10.7. The molecule has 2 N–H and O–H groups in total. The van der Waals surface area contributed by atoms with Crippen molar-refractivity contribution >= 4 is 12.1 Å². The van der Waals surface area contributed by atoms with Gasteiger partial charge in [-0.15, -0.1) is 0 Å². The zero-order valence-electron chi connectivity index (χ0n) is 19.3. The van der Waals surface area contributed by atoms with E-state index in [0.29, 0.717) is 25.8 Å². The number of urea groups is 1. The van der Waals surface area contributed by atoms with E-state index in [2.05, 4.69) is 16.7 Å². The van der Waals surface area contributed by atoms with Crippen molar-refractivity contribution < 1.29 is 18.7 Å². The molecule has 3 fully saturated rings. The molecular weight excluding hydrogens is 421 g/mol. The number of carbonyl (C=O) groups excluding carboxylic acids is 2. The van der Waals surface area contributed by atoms with Crippen molar-refractivity contribution in [3.05, 3.63) is 71.0 Å². The monoisotopic (exact) mass is 451 g/mol. The summed E-state index contributed by atoms with van der Waals surface area (Å²) in [6.45, 7) is 6.10. The Balaban J connectivity index is 1.28. The molecule has 4 aliphatic rings. The fourth-order valence-electron chi connectivity index (χ4n) is 5.66. The predicted octanol–water partition coefficient (Wildman–Crippen LogP) is 4.68. The van der Waals surface area contributed by atoms with E-state index >= 15 is 0 Å². The number of ether oxygens (including phenoxy) is 1. The first kappa shape index (κ1) is 21.7. The van der Waals surface area contributed by atoms with Gasteiger partial charge in [0.1, 0.15) is 11.4 Å². The number of alkyl carbamates (subject to hydrolysis) is 1. The van der Waals surface area contributed by atoms with Gasteiger partial charge in [0.05, 0.1) is 11.6 Å². The lowest BCUT2D eigenvalue weighted by Crippen LogP contribution is -2.84. The highest BCUT2D eigenvalue weighted by Crippen LogP contribution is 2.60. The lowest BCUT2D eigenvalue weighted by molar-refractivity contribution is -0.0976. The van der Waals surface area contributed by atoms with Gasteiger partial charge in [0.25, 0.3) is 0 Å². The summed E-state index contributed by atoms with van der Waals surface area (Å²) < 4.78 is 18.9. The number of halogens is 1. The molecule has 3 amide bonds. The SMILES string of the molecule is CC(C)(C)OC(=O)NC12CC(NC(=O)N3CCc4ccccc4[C@@H]3c3ccc(F)cc3)(C1)C2. The normalized spacial score (nSPS) is 27.5. The van der Waals surface area contributed by atoms with E-state index in [9.17, 15) is 14.0 Å². The van der Waals surface area contributed by atoms with Gasteiger partial charge in [0, 0.05) is 12.1 Å². The average molecular weight is 452 g/mol. The average Bonchev–Trinajstić information content (AvgIpc) is 2.69. The third kappa shape index (κ3) is 4.05. The zero-order chi connectivity index (χ0) is 23.4. The summed E-state index contributed by atoms with van der Waals surface area (Å²) in [6, 6.07) is 14.1. The summed E-state index contributed by atoms with van der Waals surface area (Å²) in [5.41, 5.74) is 2.07. The molecule has 1 heterocycles. The van der Waals surface area contributed by atoms with Crippen molar-refractivity contribution in [1.29, 1.82) is 0 Å². The summed E-state index contributed by atoms with van der Waals surface area (Å²) >= 11 is 0. The van der Waals surface area contributed by atoms with Crippen LogP contribution < -0.4 is 10.6 Å². The molecule has 0 spiro atoms. The maximum absolute atomic E-state index is 13.6. The molecule has 7 heteroatoms. The quantitative estimate of drug-likeness (QED) is 0.712. The molecule has 3 saturated carbocycles. The van der Waals surface area contributed by atoms with Gasteiger partial charge >= 0.3 is 12.1 Å². The van der Waals surface area contributed by atoms with Crippen LogP contribution in [0.5, 0.6) is 0 Å². The molecule has 2 aromatic carbocycles. The van der Waals surface area contributed by atoms with E-state index in [4.69, 9.17) is 4.74 Å². The van der Waals surface area contributed by atoms with Crippen LogP contribution in [0.3, 0.4) is 0 Å². The molecule has 3 aliphatic carbocycles. The van der Waals surface area contributed by atoms with E-state index in [1.54, 1.807) is 12.1 Å². The van der Waals surface area contributed by atoms with Crippen LogP contribution in [0.4, 0.5) is 14.0 Å². The van der Waals surface area contributed by atoms with E-state index in [1.165, 1.54) is 17.7 Å². The van der Waals surface area contributed by atoms with Crippen LogP contribution in [-0.2, 0) is 11.2 Å². The lowest BCUT2D eigenvalue weighted by Gasteiger charge is -2.70. The third-order valence-corrected chi connectivity index (χ3v) is 6.90. The van der Waals surface area contributed by atoms with E-state index in [-0.39, 0.29) is 29.0 Å². The number of amides is 3. The fraction of sp³-hybridized carbons (Fsp3) is 0.462. The van der Waals surface area contributed by atoms with Gasteiger partial charge in [-0.25, -0.2) is 14.0 Å². The first-order valence-electron chi connectivity index (χ1n) is 11.5. The van der Waals surface area contributed by atoms with Crippen LogP contribution in [0.15, 0.2) is 48.5 Å². The van der Waals surface area contributed by atoms with Crippen LogP contribution in [0.1, 0.15) is 62.8 Å². The largest absolute Gasteiger partial charge is 0.444 e. The van der Waals surface area contributed by atoms with Crippen LogP contribution in [0.25, 0.3) is 0 Å². The van der Waals surface area contributed by atoms with Crippen LogP contribution >= 0.6 is 0 Å². The predicted molar refractivity (Wildman–Crippen MR) is 122 cm³/mol. The molecule has 6 nitrogen and oxygen atoms in total. The first-order chi connectivity index (χ1) is 15.6. The minimum Gasteiger partial charge on any atom is -0.444 e. The number of hydrogen-bond acceptors (Lipinski definition) is 3. The van der Waals surface area contributed by atoms with Crippen molar-refractivity contribution in [2.45, 2.75) is 69.2 Å². The zero-order valence-corrected chi connectivity index (χ0v) is 19.3. The Morgan fingerprint density at radius 2 is 1.64 bits per heavy atom. The van der Waals surface area contributed by atoms with Crippen LogP contribution in [0, 0.1) is 5.82 Å². The molecule has 2 aromatic rings. The second kappa shape index (κ2) is 7.47. The third-order valence-electron chi connectivity index (χ3n) is 6.90. The highest BCUT2D eigenvalue weighted by atomic mass is 19.1. The topological polar surface area (TPSA) is 70.7 Å². The van der Waals surface area contributed by atoms with E-state index in [0.717, 1.165) is 17.5 Å². The summed E-state index contributed by atoms with van der Waals surface area (Å²) in [4.78, 5) is 27.4. The van der Waals surface area contributed by atoms with Crippen LogP contribution in [0.2, 0.25) is 0 Å². The van der Waals surface area contributed by atoms with Crippen molar-refractivity contribution in [2.24, 2.45) is 0 Å². The van der Waals surface area contributed by atoms with Crippen molar-refractivity contribution in [3.63, 3.8) is 0 Å². The molecule has 0 aromatic heterocycles. The molecule has 1 atom stereocenters. The Morgan fingerprint density at radius 1 is 1.00 bits per heavy atom. The molecule has 174 valence electrons.